The lowest BCUT2D eigenvalue weighted by atomic mass is 9.91. The van der Waals surface area contributed by atoms with Crippen LogP contribution in [-0.4, -0.2) is 42.8 Å². The zero-order chi connectivity index (χ0) is 24.9. The average molecular weight is 467 g/mol. The molecule has 0 radical (unpaired) electrons. The Balaban J connectivity index is 1.51. The van der Waals surface area contributed by atoms with Gasteiger partial charge >= 0.3 is 12.1 Å². The molecule has 7 nitrogen and oxygen atoms in total. The van der Waals surface area contributed by atoms with Crippen molar-refractivity contribution in [2.24, 2.45) is 17.3 Å². The van der Waals surface area contributed by atoms with Gasteiger partial charge in [0.05, 0.1) is 5.41 Å². The molecule has 7 heteroatoms. The number of rotatable bonds is 10. The SMILES string of the molecule is CC(C)C(CNC(=O)OCC1c2ccccc2-c2ccccc21)CC(=O)NCC(C)(C)C(=O)O. The molecule has 1 aliphatic carbocycles. The highest BCUT2D eigenvalue weighted by Gasteiger charge is 2.30. The number of carboxylic acid groups (broad SMARTS) is 1. The lowest BCUT2D eigenvalue weighted by Gasteiger charge is -2.23. The first-order valence-corrected chi connectivity index (χ1v) is 11.7. The molecular weight excluding hydrogens is 432 g/mol. The number of benzene rings is 2. The van der Waals surface area contributed by atoms with Crippen LogP contribution in [0.25, 0.3) is 11.1 Å². The molecule has 0 spiro atoms. The van der Waals surface area contributed by atoms with Gasteiger partial charge in [-0.25, -0.2) is 4.79 Å². The minimum Gasteiger partial charge on any atom is -0.481 e. The van der Waals surface area contributed by atoms with Gasteiger partial charge in [0.1, 0.15) is 6.61 Å². The van der Waals surface area contributed by atoms with Crippen molar-refractivity contribution >= 4 is 18.0 Å². The van der Waals surface area contributed by atoms with E-state index < -0.39 is 17.5 Å². The minimum absolute atomic E-state index is 0.0117. The predicted octanol–water partition coefficient (Wildman–Crippen LogP) is 4.41. The van der Waals surface area contributed by atoms with Gasteiger partial charge in [-0.3, -0.25) is 9.59 Å². The first-order valence-electron chi connectivity index (χ1n) is 11.7. The molecule has 1 aliphatic rings. The molecule has 2 amide bonds. The highest BCUT2D eigenvalue weighted by Crippen LogP contribution is 2.44. The summed E-state index contributed by atoms with van der Waals surface area (Å²) in [4.78, 5) is 36.0. The van der Waals surface area contributed by atoms with E-state index in [0.29, 0.717) is 6.54 Å². The Kier molecular flexibility index (Phi) is 7.97. The van der Waals surface area contributed by atoms with Crippen molar-refractivity contribution in [2.75, 3.05) is 19.7 Å². The zero-order valence-corrected chi connectivity index (χ0v) is 20.3. The fraction of sp³-hybridized carbons (Fsp3) is 0.444. The van der Waals surface area contributed by atoms with Crippen molar-refractivity contribution in [3.8, 4) is 11.1 Å². The molecule has 34 heavy (non-hydrogen) atoms. The summed E-state index contributed by atoms with van der Waals surface area (Å²) < 4.78 is 5.58. The first-order chi connectivity index (χ1) is 16.1. The van der Waals surface area contributed by atoms with E-state index in [2.05, 4.69) is 34.9 Å². The van der Waals surface area contributed by atoms with Crippen molar-refractivity contribution in [1.82, 2.24) is 10.6 Å². The molecule has 2 aromatic carbocycles. The number of hydrogen-bond donors (Lipinski definition) is 3. The molecular formula is C27H34N2O5. The van der Waals surface area contributed by atoms with Crippen molar-refractivity contribution in [3.63, 3.8) is 0 Å². The normalized spacial score (nSPS) is 13.7. The summed E-state index contributed by atoms with van der Waals surface area (Å²) in [7, 11) is 0. The number of carbonyl (C=O) groups excluding carboxylic acids is 2. The molecule has 0 aromatic heterocycles. The van der Waals surface area contributed by atoms with Crippen molar-refractivity contribution in [1.29, 1.82) is 0 Å². The number of carboxylic acids is 1. The van der Waals surface area contributed by atoms with E-state index in [1.165, 1.54) is 11.1 Å². The van der Waals surface area contributed by atoms with Gasteiger partial charge in [0, 0.05) is 25.4 Å². The predicted molar refractivity (Wildman–Crippen MR) is 130 cm³/mol. The standard InChI is InChI=1S/C27H34N2O5/c1-17(2)18(13-24(30)29-16-27(3,4)25(31)32)14-28-26(33)34-15-23-21-11-7-5-9-19(21)20-10-6-8-12-22(20)23/h5-12,17-18,23H,13-16H2,1-4H3,(H,28,33)(H,29,30)(H,31,32). The van der Waals surface area contributed by atoms with E-state index in [-0.39, 0.29) is 43.2 Å². The van der Waals surface area contributed by atoms with Crippen LogP contribution in [0.4, 0.5) is 4.79 Å². The fourth-order valence-corrected chi connectivity index (χ4v) is 4.11. The minimum atomic E-state index is -1.04. The van der Waals surface area contributed by atoms with Gasteiger partial charge in [-0.05, 0) is 47.9 Å². The van der Waals surface area contributed by atoms with Crippen molar-refractivity contribution in [2.45, 2.75) is 40.0 Å². The van der Waals surface area contributed by atoms with Crippen LogP contribution >= 0.6 is 0 Å². The first kappa shape index (κ1) is 25.3. The van der Waals surface area contributed by atoms with E-state index in [1.54, 1.807) is 13.8 Å². The molecule has 182 valence electrons. The van der Waals surface area contributed by atoms with Crippen LogP contribution in [-0.2, 0) is 14.3 Å². The molecule has 0 saturated heterocycles. The van der Waals surface area contributed by atoms with Crippen LogP contribution in [0.5, 0.6) is 0 Å². The Labute approximate surface area is 200 Å². The molecule has 0 bridgehead atoms. The summed E-state index contributed by atoms with van der Waals surface area (Å²) in [5.41, 5.74) is 3.60. The molecule has 2 aromatic rings. The Morgan fingerprint density at radius 1 is 0.971 bits per heavy atom. The van der Waals surface area contributed by atoms with Gasteiger partial charge < -0.3 is 20.5 Å². The third-order valence-corrected chi connectivity index (χ3v) is 6.55. The summed E-state index contributed by atoms with van der Waals surface area (Å²) >= 11 is 0. The number of fused-ring (bicyclic) bond motifs is 3. The Morgan fingerprint density at radius 3 is 2.06 bits per heavy atom. The Hall–Kier alpha value is -3.35. The number of aliphatic carboxylic acids is 1. The maximum absolute atomic E-state index is 12.5. The summed E-state index contributed by atoms with van der Waals surface area (Å²) in [6.45, 7) is 7.67. The number of alkyl carbamates (subject to hydrolysis) is 1. The fourth-order valence-electron chi connectivity index (χ4n) is 4.11. The second kappa shape index (κ2) is 10.7. The molecule has 3 rings (SSSR count). The van der Waals surface area contributed by atoms with E-state index >= 15 is 0 Å². The molecule has 0 saturated carbocycles. The zero-order valence-electron chi connectivity index (χ0n) is 20.3. The third kappa shape index (κ3) is 5.95. The summed E-state index contributed by atoms with van der Waals surface area (Å²) in [6, 6.07) is 16.3. The van der Waals surface area contributed by atoms with Crippen LogP contribution in [0.15, 0.2) is 48.5 Å². The van der Waals surface area contributed by atoms with Gasteiger partial charge in [0.15, 0.2) is 0 Å². The topological polar surface area (TPSA) is 105 Å². The number of nitrogens with one attached hydrogen (secondary N) is 2. The monoisotopic (exact) mass is 466 g/mol. The van der Waals surface area contributed by atoms with Crippen molar-refractivity contribution < 1.29 is 24.2 Å². The van der Waals surface area contributed by atoms with Crippen LogP contribution in [0, 0.1) is 17.3 Å². The lowest BCUT2D eigenvalue weighted by Crippen LogP contribution is -2.41. The van der Waals surface area contributed by atoms with E-state index in [4.69, 9.17) is 4.74 Å². The van der Waals surface area contributed by atoms with Crippen LogP contribution in [0.3, 0.4) is 0 Å². The van der Waals surface area contributed by atoms with E-state index in [1.807, 2.05) is 38.1 Å². The smallest absolute Gasteiger partial charge is 0.407 e. The van der Waals surface area contributed by atoms with Crippen LogP contribution in [0.2, 0.25) is 0 Å². The summed E-state index contributed by atoms with van der Waals surface area (Å²) in [6.07, 6.45) is -0.322. The lowest BCUT2D eigenvalue weighted by molar-refractivity contribution is -0.146. The van der Waals surface area contributed by atoms with Gasteiger partial charge in [0.2, 0.25) is 5.91 Å². The van der Waals surface area contributed by atoms with E-state index in [0.717, 1.165) is 11.1 Å². The van der Waals surface area contributed by atoms with Gasteiger partial charge in [0.25, 0.3) is 0 Å². The van der Waals surface area contributed by atoms with Crippen LogP contribution in [0.1, 0.15) is 51.2 Å². The highest BCUT2D eigenvalue weighted by molar-refractivity contribution is 5.80. The third-order valence-electron chi connectivity index (χ3n) is 6.55. The molecule has 0 fully saturated rings. The second-order valence-electron chi connectivity index (χ2n) is 9.88. The summed E-state index contributed by atoms with van der Waals surface area (Å²) in [5.74, 6) is -1.17. The van der Waals surface area contributed by atoms with Gasteiger partial charge in [-0.2, -0.15) is 0 Å². The molecule has 1 unspecified atom stereocenters. The Bertz CT molecular complexity index is 1000. The molecule has 1 atom stereocenters. The number of ether oxygens (including phenoxy) is 1. The number of carbonyl (C=O) groups is 3. The number of hydrogen-bond acceptors (Lipinski definition) is 4. The maximum atomic E-state index is 12.5. The maximum Gasteiger partial charge on any atom is 0.407 e. The quantitative estimate of drug-likeness (QED) is 0.481. The largest absolute Gasteiger partial charge is 0.481 e. The van der Waals surface area contributed by atoms with E-state index in [9.17, 15) is 19.5 Å². The van der Waals surface area contributed by atoms with Gasteiger partial charge in [-0.1, -0.05) is 62.4 Å². The molecule has 0 aliphatic heterocycles. The van der Waals surface area contributed by atoms with Gasteiger partial charge in [-0.15, -0.1) is 0 Å². The second-order valence-corrected chi connectivity index (χ2v) is 9.88. The number of amides is 2. The summed E-state index contributed by atoms with van der Waals surface area (Å²) in [5, 5.41) is 14.7. The molecule has 0 heterocycles. The van der Waals surface area contributed by atoms with Crippen LogP contribution < -0.4 is 10.6 Å². The Morgan fingerprint density at radius 2 is 1.53 bits per heavy atom. The van der Waals surface area contributed by atoms with Crippen molar-refractivity contribution in [3.05, 3.63) is 59.7 Å². The molecule has 3 N–H and O–H groups in total. The average Bonchev–Trinajstić information content (AvgIpc) is 3.12. The highest BCUT2D eigenvalue weighted by atomic mass is 16.5.